The van der Waals surface area contributed by atoms with Crippen molar-refractivity contribution in [2.75, 3.05) is 43.9 Å². The molecule has 2 N–H and O–H groups in total. The number of likely N-dealkylation sites (N-methyl/N-ethyl adjacent to an activating group) is 1. The van der Waals surface area contributed by atoms with E-state index in [0.29, 0.717) is 5.89 Å². The Morgan fingerprint density at radius 3 is 2.67 bits per heavy atom. The van der Waals surface area contributed by atoms with E-state index >= 15 is 0 Å². The van der Waals surface area contributed by atoms with E-state index in [1.54, 1.807) is 0 Å². The van der Waals surface area contributed by atoms with E-state index in [-0.39, 0.29) is 0 Å². The summed E-state index contributed by atoms with van der Waals surface area (Å²) in [7, 11) is 2.15. The van der Waals surface area contributed by atoms with Crippen LogP contribution in [0.25, 0.3) is 11.1 Å². The Morgan fingerprint density at radius 2 is 1.94 bits per heavy atom. The molecule has 96 valence electrons. The molecule has 0 bridgehead atoms. The number of hydrogen-bond donors (Lipinski definition) is 1. The van der Waals surface area contributed by atoms with E-state index in [9.17, 15) is 0 Å². The first-order valence-corrected chi connectivity index (χ1v) is 6.23. The van der Waals surface area contributed by atoms with Crippen LogP contribution in [0.15, 0.2) is 16.5 Å². The Balaban J connectivity index is 2.04. The highest BCUT2D eigenvalue weighted by Gasteiger charge is 2.19. The summed E-state index contributed by atoms with van der Waals surface area (Å²) in [5.41, 5.74) is 9.47. The lowest BCUT2D eigenvalue weighted by molar-refractivity contribution is 0.313. The van der Waals surface area contributed by atoms with Gasteiger partial charge < -0.3 is 20.0 Å². The number of anilines is 2. The number of aryl methyl sites for hydroxylation is 1. The largest absolute Gasteiger partial charge is 0.441 e. The molecule has 1 aliphatic heterocycles. The minimum Gasteiger partial charge on any atom is -0.441 e. The fraction of sp³-hybridized carbons (Fsp3) is 0.462. The zero-order valence-electron chi connectivity index (χ0n) is 10.8. The summed E-state index contributed by atoms with van der Waals surface area (Å²) in [6.45, 7) is 5.99. The summed E-state index contributed by atoms with van der Waals surface area (Å²) in [6, 6.07) is 3.84. The summed E-state index contributed by atoms with van der Waals surface area (Å²) in [4.78, 5) is 9.13. The van der Waals surface area contributed by atoms with Crippen molar-refractivity contribution < 1.29 is 4.42 Å². The monoisotopic (exact) mass is 246 g/mol. The molecule has 1 aliphatic rings. The average molecular weight is 246 g/mol. The molecule has 2 heterocycles. The van der Waals surface area contributed by atoms with Gasteiger partial charge in [0.15, 0.2) is 11.5 Å². The molecule has 1 saturated heterocycles. The Morgan fingerprint density at radius 1 is 1.22 bits per heavy atom. The predicted octanol–water partition coefficient (Wildman–Crippen LogP) is 1.47. The molecule has 0 amide bonds. The molecular weight excluding hydrogens is 228 g/mol. The van der Waals surface area contributed by atoms with E-state index in [1.165, 1.54) is 0 Å². The number of aromatic nitrogens is 1. The molecule has 3 rings (SSSR count). The Labute approximate surface area is 106 Å². The van der Waals surface area contributed by atoms with Crippen LogP contribution in [-0.2, 0) is 0 Å². The Kier molecular flexibility index (Phi) is 2.63. The fourth-order valence-electron chi connectivity index (χ4n) is 2.43. The lowest BCUT2D eigenvalue weighted by Crippen LogP contribution is -2.44. The summed E-state index contributed by atoms with van der Waals surface area (Å²) in [6.07, 6.45) is 0. The third-order valence-corrected chi connectivity index (χ3v) is 3.45. The highest BCUT2D eigenvalue weighted by atomic mass is 16.3. The molecule has 0 saturated carbocycles. The van der Waals surface area contributed by atoms with Crippen molar-refractivity contribution in [1.29, 1.82) is 0 Å². The molecule has 0 atom stereocenters. The fourth-order valence-corrected chi connectivity index (χ4v) is 2.43. The number of fused-ring (bicyclic) bond motifs is 1. The average Bonchev–Trinajstić information content (AvgIpc) is 2.69. The molecule has 5 heteroatoms. The number of nitrogen functional groups attached to an aromatic ring is 1. The first-order chi connectivity index (χ1) is 8.63. The van der Waals surface area contributed by atoms with Crippen LogP contribution in [0.2, 0.25) is 0 Å². The highest BCUT2D eigenvalue weighted by molar-refractivity contribution is 5.90. The van der Waals surface area contributed by atoms with Crippen LogP contribution in [0.1, 0.15) is 5.89 Å². The van der Waals surface area contributed by atoms with E-state index in [4.69, 9.17) is 10.2 Å². The Bertz CT molecular complexity index is 570. The van der Waals surface area contributed by atoms with Crippen molar-refractivity contribution in [2.24, 2.45) is 0 Å². The van der Waals surface area contributed by atoms with E-state index in [2.05, 4.69) is 21.8 Å². The molecule has 0 unspecified atom stereocenters. The van der Waals surface area contributed by atoms with Gasteiger partial charge in [-0.2, -0.15) is 0 Å². The second-order valence-corrected chi connectivity index (χ2v) is 4.91. The maximum atomic E-state index is 5.94. The van der Waals surface area contributed by atoms with Crippen LogP contribution in [0.3, 0.4) is 0 Å². The van der Waals surface area contributed by atoms with Crippen molar-refractivity contribution in [3.8, 4) is 0 Å². The summed E-state index contributed by atoms with van der Waals surface area (Å²) >= 11 is 0. The second-order valence-electron chi connectivity index (χ2n) is 4.91. The smallest absolute Gasteiger partial charge is 0.192 e. The van der Waals surface area contributed by atoms with Gasteiger partial charge in [-0.15, -0.1) is 0 Å². The number of benzene rings is 1. The molecule has 1 aromatic heterocycles. The van der Waals surface area contributed by atoms with E-state index in [1.807, 2.05) is 19.1 Å². The second kappa shape index (κ2) is 4.17. The van der Waals surface area contributed by atoms with Gasteiger partial charge in [0.25, 0.3) is 0 Å². The molecule has 1 aromatic carbocycles. The third-order valence-electron chi connectivity index (χ3n) is 3.45. The van der Waals surface area contributed by atoms with Crippen molar-refractivity contribution in [1.82, 2.24) is 9.88 Å². The van der Waals surface area contributed by atoms with E-state index < -0.39 is 0 Å². The van der Waals surface area contributed by atoms with Gasteiger partial charge in [0.1, 0.15) is 5.52 Å². The summed E-state index contributed by atoms with van der Waals surface area (Å²) in [5, 5.41) is 0. The molecule has 2 aromatic rings. The number of rotatable bonds is 1. The Hall–Kier alpha value is -1.75. The number of piperazine rings is 1. The third kappa shape index (κ3) is 1.90. The molecule has 0 aliphatic carbocycles. The molecule has 0 radical (unpaired) electrons. The number of nitrogens with zero attached hydrogens (tertiary/aromatic N) is 3. The lowest BCUT2D eigenvalue weighted by atomic mass is 10.2. The zero-order valence-corrected chi connectivity index (χ0v) is 10.8. The van der Waals surface area contributed by atoms with Gasteiger partial charge in [-0.25, -0.2) is 4.98 Å². The maximum Gasteiger partial charge on any atom is 0.192 e. The standard InChI is InChI=1S/C13H18N4O/c1-9-15-13-11(7-10(14)8-12(13)18-9)17-5-3-16(2)4-6-17/h7-8H,3-6,14H2,1-2H3. The van der Waals surface area contributed by atoms with Crippen LogP contribution in [0.5, 0.6) is 0 Å². The van der Waals surface area contributed by atoms with Crippen LogP contribution in [0.4, 0.5) is 11.4 Å². The number of nitrogens with two attached hydrogens (primary N) is 1. The number of oxazole rings is 1. The maximum absolute atomic E-state index is 5.94. The van der Waals surface area contributed by atoms with Crippen LogP contribution < -0.4 is 10.6 Å². The lowest BCUT2D eigenvalue weighted by Gasteiger charge is -2.34. The van der Waals surface area contributed by atoms with E-state index in [0.717, 1.165) is 48.7 Å². The zero-order chi connectivity index (χ0) is 12.7. The van der Waals surface area contributed by atoms with Crippen LogP contribution >= 0.6 is 0 Å². The molecule has 0 spiro atoms. The highest BCUT2D eigenvalue weighted by Crippen LogP contribution is 2.30. The predicted molar refractivity (Wildman–Crippen MR) is 72.9 cm³/mol. The van der Waals surface area contributed by atoms with Crippen LogP contribution in [-0.4, -0.2) is 43.1 Å². The quantitative estimate of drug-likeness (QED) is 0.772. The van der Waals surface area contributed by atoms with Gasteiger partial charge in [-0.1, -0.05) is 0 Å². The van der Waals surface area contributed by atoms with Crippen molar-refractivity contribution in [3.05, 3.63) is 18.0 Å². The number of hydrogen-bond acceptors (Lipinski definition) is 5. The minimum atomic E-state index is 0.686. The molecule has 1 fully saturated rings. The van der Waals surface area contributed by atoms with Gasteiger partial charge in [-0.05, 0) is 13.1 Å². The summed E-state index contributed by atoms with van der Waals surface area (Å²) in [5.74, 6) is 0.686. The first kappa shape index (κ1) is 11.3. The van der Waals surface area contributed by atoms with Gasteiger partial charge in [0, 0.05) is 44.9 Å². The normalized spacial score (nSPS) is 17.6. The first-order valence-electron chi connectivity index (χ1n) is 6.23. The summed E-state index contributed by atoms with van der Waals surface area (Å²) < 4.78 is 5.57. The molecule has 18 heavy (non-hydrogen) atoms. The molecular formula is C13H18N4O. The van der Waals surface area contributed by atoms with Crippen molar-refractivity contribution in [2.45, 2.75) is 6.92 Å². The molecule has 5 nitrogen and oxygen atoms in total. The van der Waals surface area contributed by atoms with Crippen molar-refractivity contribution >= 4 is 22.5 Å². The van der Waals surface area contributed by atoms with Crippen molar-refractivity contribution in [3.63, 3.8) is 0 Å². The van der Waals surface area contributed by atoms with Crippen LogP contribution in [0, 0.1) is 6.92 Å². The van der Waals surface area contributed by atoms with Gasteiger partial charge >= 0.3 is 0 Å². The SMILES string of the molecule is Cc1nc2c(N3CCN(C)CC3)cc(N)cc2o1. The van der Waals surface area contributed by atoms with Gasteiger partial charge in [-0.3, -0.25) is 0 Å². The van der Waals surface area contributed by atoms with Gasteiger partial charge in [0.05, 0.1) is 5.69 Å². The minimum absolute atomic E-state index is 0.686. The topological polar surface area (TPSA) is 58.5 Å². The van der Waals surface area contributed by atoms with Gasteiger partial charge in [0.2, 0.25) is 0 Å².